The second-order valence-corrected chi connectivity index (χ2v) is 5.65. The van der Waals surface area contributed by atoms with E-state index in [-0.39, 0.29) is 5.41 Å². The second kappa shape index (κ2) is 5.02. The van der Waals surface area contributed by atoms with E-state index in [0.717, 1.165) is 13.0 Å². The summed E-state index contributed by atoms with van der Waals surface area (Å²) < 4.78 is 0. The van der Waals surface area contributed by atoms with Crippen molar-refractivity contribution in [1.29, 1.82) is 5.26 Å². The van der Waals surface area contributed by atoms with Crippen molar-refractivity contribution in [2.45, 2.75) is 18.3 Å². The summed E-state index contributed by atoms with van der Waals surface area (Å²) in [5, 5.41) is 9.31. The summed E-state index contributed by atoms with van der Waals surface area (Å²) in [6, 6.07) is 21.4. The van der Waals surface area contributed by atoms with Crippen molar-refractivity contribution in [3.05, 3.63) is 65.7 Å². The molecule has 0 unspecified atom stereocenters. The van der Waals surface area contributed by atoms with Crippen LogP contribution in [0.25, 0.3) is 0 Å². The van der Waals surface area contributed by atoms with Crippen LogP contribution in [-0.2, 0) is 11.8 Å². The molecule has 2 aromatic rings. The second-order valence-electron chi connectivity index (χ2n) is 5.65. The van der Waals surface area contributed by atoms with Crippen molar-refractivity contribution in [3.63, 3.8) is 0 Å². The van der Waals surface area contributed by atoms with Crippen LogP contribution in [0.5, 0.6) is 0 Å². The molecule has 2 aromatic carbocycles. The Bertz CT molecular complexity index is 642. The summed E-state index contributed by atoms with van der Waals surface area (Å²) in [5.74, 6) is 0. The minimum absolute atomic E-state index is 0.0819. The van der Waals surface area contributed by atoms with Crippen LogP contribution in [-0.4, -0.2) is 13.6 Å². The molecule has 2 nitrogen and oxygen atoms in total. The van der Waals surface area contributed by atoms with Gasteiger partial charge in [0.25, 0.3) is 0 Å². The quantitative estimate of drug-likeness (QED) is 0.846. The number of para-hydroxylation sites is 1. The number of benzene rings is 2. The molecule has 1 atom stereocenters. The van der Waals surface area contributed by atoms with Gasteiger partial charge in [-0.2, -0.15) is 5.26 Å². The SMILES string of the molecule is CN1C[C@@](CC#N)(Cc2ccccc2)c2ccccc21. The number of hydrogen-bond acceptors (Lipinski definition) is 2. The number of likely N-dealkylation sites (N-methyl/N-ethyl adjacent to an activating group) is 1. The van der Waals surface area contributed by atoms with Gasteiger partial charge < -0.3 is 4.90 Å². The molecule has 0 spiro atoms. The first-order chi connectivity index (χ1) is 9.75. The standard InChI is InChI=1S/C18H18N2/c1-20-14-18(11-12-19,13-15-7-3-2-4-8-15)16-9-5-6-10-17(16)20/h2-10H,11,13-14H2,1H3/t18-/m1/s1. The first-order valence-electron chi connectivity index (χ1n) is 6.97. The first-order valence-corrected chi connectivity index (χ1v) is 6.97. The van der Waals surface area contributed by atoms with Crippen molar-refractivity contribution in [2.24, 2.45) is 0 Å². The minimum atomic E-state index is -0.0819. The monoisotopic (exact) mass is 262 g/mol. The maximum atomic E-state index is 9.31. The summed E-state index contributed by atoms with van der Waals surface area (Å²) in [4.78, 5) is 2.27. The molecule has 1 heterocycles. The molecule has 1 aliphatic rings. The van der Waals surface area contributed by atoms with E-state index in [9.17, 15) is 5.26 Å². The van der Waals surface area contributed by atoms with Gasteiger partial charge in [0.15, 0.2) is 0 Å². The van der Waals surface area contributed by atoms with Gasteiger partial charge in [-0.05, 0) is 23.6 Å². The molecule has 1 aliphatic heterocycles. The van der Waals surface area contributed by atoms with Crippen LogP contribution in [0.15, 0.2) is 54.6 Å². The molecule has 0 fully saturated rings. The lowest BCUT2D eigenvalue weighted by atomic mass is 9.75. The lowest BCUT2D eigenvalue weighted by Gasteiger charge is -2.27. The highest BCUT2D eigenvalue weighted by molar-refractivity contribution is 5.63. The molecule has 0 N–H and O–H groups in total. The molecule has 3 rings (SSSR count). The third-order valence-electron chi connectivity index (χ3n) is 4.23. The molecule has 0 aromatic heterocycles. The fourth-order valence-corrected chi connectivity index (χ4v) is 3.38. The van der Waals surface area contributed by atoms with Gasteiger partial charge in [0.1, 0.15) is 0 Å². The van der Waals surface area contributed by atoms with E-state index in [2.05, 4.69) is 66.5 Å². The number of rotatable bonds is 3. The van der Waals surface area contributed by atoms with Crippen LogP contribution < -0.4 is 4.90 Å². The van der Waals surface area contributed by atoms with E-state index < -0.39 is 0 Å². The summed E-state index contributed by atoms with van der Waals surface area (Å²) in [6.45, 7) is 0.912. The number of nitrogens with zero attached hydrogens (tertiary/aromatic N) is 2. The van der Waals surface area contributed by atoms with Gasteiger partial charge in [-0.1, -0.05) is 48.5 Å². The fraction of sp³-hybridized carbons (Fsp3) is 0.278. The van der Waals surface area contributed by atoms with Crippen LogP contribution in [0, 0.1) is 11.3 Å². The Morgan fingerprint density at radius 2 is 1.80 bits per heavy atom. The van der Waals surface area contributed by atoms with E-state index in [4.69, 9.17) is 0 Å². The topological polar surface area (TPSA) is 27.0 Å². The zero-order valence-corrected chi connectivity index (χ0v) is 11.7. The highest BCUT2D eigenvalue weighted by Crippen LogP contribution is 2.44. The molecule has 0 radical (unpaired) electrons. The summed E-state index contributed by atoms with van der Waals surface area (Å²) in [6.07, 6.45) is 1.48. The van der Waals surface area contributed by atoms with Crippen molar-refractivity contribution in [2.75, 3.05) is 18.5 Å². The highest BCUT2D eigenvalue weighted by Gasteiger charge is 2.41. The summed E-state index contributed by atoms with van der Waals surface area (Å²) in [7, 11) is 2.11. The van der Waals surface area contributed by atoms with Gasteiger partial charge in [-0.25, -0.2) is 0 Å². The number of fused-ring (bicyclic) bond motifs is 1. The molecule has 2 heteroatoms. The fourth-order valence-electron chi connectivity index (χ4n) is 3.38. The van der Waals surface area contributed by atoms with E-state index in [1.807, 2.05) is 6.07 Å². The van der Waals surface area contributed by atoms with Gasteiger partial charge in [0.05, 0.1) is 6.07 Å². The molecule has 0 bridgehead atoms. The van der Waals surface area contributed by atoms with Crippen LogP contribution in [0.2, 0.25) is 0 Å². The third-order valence-corrected chi connectivity index (χ3v) is 4.23. The van der Waals surface area contributed by atoms with Crippen LogP contribution in [0.4, 0.5) is 5.69 Å². The van der Waals surface area contributed by atoms with Crippen LogP contribution in [0.3, 0.4) is 0 Å². The molecule has 20 heavy (non-hydrogen) atoms. The molecule has 0 amide bonds. The summed E-state index contributed by atoms with van der Waals surface area (Å²) in [5.41, 5.74) is 3.79. The normalized spacial score (nSPS) is 20.5. The van der Waals surface area contributed by atoms with Crippen molar-refractivity contribution < 1.29 is 0 Å². The van der Waals surface area contributed by atoms with Gasteiger partial charge in [0, 0.05) is 31.1 Å². The molecule has 0 aliphatic carbocycles. The first kappa shape index (κ1) is 12.7. The Kier molecular flexibility index (Phi) is 3.20. The largest absolute Gasteiger partial charge is 0.373 e. The highest BCUT2D eigenvalue weighted by atomic mass is 15.1. The Hall–Kier alpha value is -2.27. The van der Waals surface area contributed by atoms with E-state index in [1.54, 1.807) is 0 Å². The Labute approximate surface area is 120 Å². The van der Waals surface area contributed by atoms with E-state index in [1.165, 1.54) is 16.8 Å². The van der Waals surface area contributed by atoms with Gasteiger partial charge in [0.2, 0.25) is 0 Å². The zero-order valence-electron chi connectivity index (χ0n) is 11.7. The number of nitriles is 1. The third kappa shape index (κ3) is 2.06. The molecule has 0 saturated heterocycles. The van der Waals surface area contributed by atoms with Crippen molar-refractivity contribution in [3.8, 4) is 6.07 Å². The Balaban J connectivity index is 2.04. The van der Waals surface area contributed by atoms with Crippen molar-refractivity contribution >= 4 is 5.69 Å². The molecule has 100 valence electrons. The minimum Gasteiger partial charge on any atom is -0.373 e. The predicted octanol–water partition coefficient (Wildman–Crippen LogP) is 3.53. The summed E-state index contributed by atoms with van der Waals surface area (Å²) >= 11 is 0. The van der Waals surface area contributed by atoms with Crippen LogP contribution in [0.1, 0.15) is 17.5 Å². The molecular formula is C18H18N2. The maximum absolute atomic E-state index is 9.31. The average molecular weight is 262 g/mol. The Morgan fingerprint density at radius 1 is 1.10 bits per heavy atom. The Morgan fingerprint density at radius 3 is 2.55 bits per heavy atom. The maximum Gasteiger partial charge on any atom is 0.0631 e. The molecular weight excluding hydrogens is 244 g/mol. The van der Waals surface area contributed by atoms with E-state index in [0.29, 0.717) is 6.42 Å². The van der Waals surface area contributed by atoms with Crippen LogP contribution >= 0.6 is 0 Å². The van der Waals surface area contributed by atoms with Gasteiger partial charge >= 0.3 is 0 Å². The van der Waals surface area contributed by atoms with Crippen molar-refractivity contribution in [1.82, 2.24) is 0 Å². The lowest BCUT2D eigenvalue weighted by molar-refractivity contribution is 0.463. The zero-order chi connectivity index (χ0) is 14.0. The predicted molar refractivity (Wildman–Crippen MR) is 81.8 cm³/mol. The number of hydrogen-bond donors (Lipinski definition) is 0. The van der Waals surface area contributed by atoms with E-state index >= 15 is 0 Å². The molecule has 0 saturated carbocycles. The van der Waals surface area contributed by atoms with Gasteiger partial charge in [-0.3, -0.25) is 0 Å². The van der Waals surface area contributed by atoms with Gasteiger partial charge in [-0.15, -0.1) is 0 Å². The lowest BCUT2D eigenvalue weighted by Crippen LogP contribution is -2.33. The number of anilines is 1. The average Bonchev–Trinajstić information content (AvgIpc) is 2.74. The smallest absolute Gasteiger partial charge is 0.0631 e.